The first-order valence-electron chi connectivity index (χ1n) is 3.30. The predicted octanol–water partition coefficient (Wildman–Crippen LogP) is 0.283. The van der Waals surface area contributed by atoms with E-state index in [0.29, 0.717) is 0 Å². The van der Waals surface area contributed by atoms with Gasteiger partial charge in [0, 0.05) is 6.08 Å². The van der Waals surface area contributed by atoms with Crippen molar-refractivity contribution in [3.63, 3.8) is 0 Å². The SMILES string of the molecule is CC=CC(=O)OCCP(=O)(O)O. The Bertz CT molecular complexity index is 216. The number of carbonyl (C=O) groups excluding carboxylic acids is 1. The third-order valence-electron chi connectivity index (χ3n) is 0.930. The average molecular weight is 194 g/mol. The highest BCUT2D eigenvalue weighted by molar-refractivity contribution is 7.51. The summed E-state index contributed by atoms with van der Waals surface area (Å²) in [5.74, 6) is -0.592. The standard InChI is InChI=1S/C6H11O5P/c1-2-3-6(7)11-4-5-12(8,9)10/h2-3H,4-5H2,1H3,(H2,8,9,10). The van der Waals surface area contributed by atoms with Crippen LogP contribution in [0.3, 0.4) is 0 Å². The minimum atomic E-state index is -4.04. The molecule has 5 nitrogen and oxygen atoms in total. The molecule has 0 rings (SSSR count). The number of hydrogen-bond acceptors (Lipinski definition) is 3. The van der Waals surface area contributed by atoms with Crippen LogP contribution in [0, 0.1) is 0 Å². The quantitative estimate of drug-likeness (QED) is 0.381. The van der Waals surface area contributed by atoms with Crippen LogP contribution in [0.5, 0.6) is 0 Å². The minimum Gasteiger partial charge on any atom is -0.462 e. The number of hydrogen-bond donors (Lipinski definition) is 2. The molecule has 0 fully saturated rings. The third kappa shape index (κ3) is 7.47. The first-order chi connectivity index (χ1) is 5.45. The summed E-state index contributed by atoms with van der Waals surface area (Å²) in [5, 5.41) is 0. The molecule has 0 spiro atoms. The molecule has 0 aliphatic carbocycles. The lowest BCUT2D eigenvalue weighted by atomic mass is 10.5. The Morgan fingerprint density at radius 2 is 2.17 bits per heavy atom. The van der Waals surface area contributed by atoms with Crippen molar-refractivity contribution >= 4 is 13.6 Å². The van der Waals surface area contributed by atoms with Gasteiger partial charge in [0.2, 0.25) is 0 Å². The van der Waals surface area contributed by atoms with Crippen LogP contribution < -0.4 is 0 Å². The molecule has 2 N–H and O–H groups in total. The average Bonchev–Trinajstić information content (AvgIpc) is 1.84. The fourth-order valence-corrected chi connectivity index (χ4v) is 0.778. The van der Waals surface area contributed by atoms with Crippen molar-refractivity contribution < 1.29 is 23.9 Å². The second-order valence-electron chi connectivity index (χ2n) is 2.06. The highest BCUT2D eigenvalue weighted by atomic mass is 31.2. The second kappa shape index (κ2) is 5.09. The van der Waals surface area contributed by atoms with Gasteiger partial charge in [-0.1, -0.05) is 6.08 Å². The molecule has 0 amide bonds. The fourth-order valence-electron chi connectivity index (χ4n) is 0.449. The maximum Gasteiger partial charge on any atom is 0.330 e. The highest BCUT2D eigenvalue weighted by Gasteiger charge is 2.12. The van der Waals surface area contributed by atoms with Gasteiger partial charge in [-0.25, -0.2) is 4.79 Å². The summed E-state index contributed by atoms with van der Waals surface area (Å²) < 4.78 is 14.7. The van der Waals surface area contributed by atoms with E-state index in [1.165, 1.54) is 12.2 Å². The van der Waals surface area contributed by atoms with Gasteiger partial charge in [0.15, 0.2) is 0 Å². The molecule has 12 heavy (non-hydrogen) atoms. The topological polar surface area (TPSA) is 83.8 Å². The molecule has 70 valence electrons. The smallest absolute Gasteiger partial charge is 0.330 e. The van der Waals surface area contributed by atoms with E-state index < -0.39 is 19.7 Å². The van der Waals surface area contributed by atoms with E-state index in [0.717, 1.165) is 0 Å². The van der Waals surface area contributed by atoms with Crippen molar-refractivity contribution in [1.82, 2.24) is 0 Å². The largest absolute Gasteiger partial charge is 0.462 e. The van der Waals surface area contributed by atoms with E-state index in [4.69, 9.17) is 9.79 Å². The number of carbonyl (C=O) groups is 1. The van der Waals surface area contributed by atoms with Crippen LogP contribution in [-0.4, -0.2) is 28.5 Å². The summed E-state index contributed by atoms with van der Waals surface area (Å²) in [6.45, 7) is 1.39. The molecule has 0 bridgehead atoms. The Kier molecular flexibility index (Phi) is 4.81. The van der Waals surface area contributed by atoms with Crippen LogP contribution >= 0.6 is 7.60 Å². The van der Waals surface area contributed by atoms with Gasteiger partial charge in [-0.05, 0) is 6.92 Å². The number of allylic oxidation sites excluding steroid dienone is 1. The van der Waals surface area contributed by atoms with Crippen molar-refractivity contribution in [2.45, 2.75) is 6.92 Å². The summed E-state index contributed by atoms with van der Waals surface area (Å²) in [5.41, 5.74) is 0. The van der Waals surface area contributed by atoms with Crippen molar-refractivity contribution in [2.75, 3.05) is 12.8 Å². The van der Waals surface area contributed by atoms with E-state index in [-0.39, 0.29) is 6.61 Å². The van der Waals surface area contributed by atoms with Gasteiger partial charge >= 0.3 is 13.6 Å². The number of esters is 1. The van der Waals surface area contributed by atoms with Crippen molar-refractivity contribution in [2.24, 2.45) is 0 Å². The molecule has 0 unspecified atom stereocenters. The zero-order valence-electron chi connectivity index (χ0n) is 6.64. The molecule has 0 aromatic rings. The molecule has 0 aromatic heterocycles. The molecule has 0 saturated heterocycles. The van der Waals surface area contributed by atoms with Crippen LogP contribution in [0.25, 0.3) is 0 Å². The Hall–Kier alpha value is -0.640. The normalized spacial score (nSPS) is 11.9. The van der Waals surface area contributed by atoms with E-state index in [2.05, 4.69) is 4.74 Å². The Morgan fingerprint density at radius 3 is 2.58 bits per heavy atom. The lowest BCUT2D eigenvalue weighted by Crippen LogP contribution is -2.05. The van der Waals surface area contributed by atoms with Crippen LogP contribution in [-0.2, 0) is 14.1 Å². The van der Waals surface area contributed by atoms with Crippen LogP contribution in [0.15, 0.2) is 12.2 Å². The summed E-state index contributed by atoms with van der Waals surface area (Å²) in [4.78, 5) is 27.3. The minimum absolute atomic E-state index is 0.256. The van der Waals surface area contributed by atoms with Crippen LogP contribution in [0.4, 0.5) is 0 Å². The summed E-state index contributed by atoms with van der Waals surface area (Å²) in [7, 11) is -4.04. The zero-order valence-corrected chi connectivity index (χ0v) is 7.53. The molecule has 0 aliphatic heterocycles. The molecule has 0 aliphatic rings. The van der Waals surface area contributed by atoms with Gasteiger partial charge < -0.3 is 14.5 Å². The Morgan fingerprint density at radius 1 is 1.58 bits per heavy atom. The van der Waals surface area contributed by atoms with Gasteiger partial charge in [-0.3, -0.25) is 4.57 Å². The molecule has 0 aromatic carbocycles. The van der Waals surface area contributed by atoms with Crippen LogP contribution in [0.2, 0.25) is 0 Å². The third-order valence-corrected chi connectivity index (χ3v) is 1.69. The predicted molar refractivity (Wildman–Crippen MR) is 42.7 cm³/mol. The van der Waals surface area contributed by atoms with E-state index in [9.17, 15) is 9.36 Å². The van der Waals surface area contributed by atoms with Crippen molar-refractivity contribution in [1.29, 1.82) is 0 Å². The van der Waals surface area contributed by atoms with Gasteiger partial charge in [-0.15, -0.1) is 0 Å². The number of rotatable bonds is 4. The molecular weight excluding hydrogens is 183 g/mol. The Balaban J connectivity index is 3.58. The second-order valence-corrected chi connectivity index (χ2v) is 3.83. The van der Waals surface area contributed by atoms with Gasteiger partial charge in [0.25, 0.3) is 0 Å². The number of ether oxygens (including phenoxy) is 1. The van der Waals surface area contributed by atoms with Crippen molar-refractivity contribution in [3.05, 3.63) is 12.2 Å². The summed E-state index contributed by atoms with van der Waals surface area (Å²) >= 11 is 0. The maximum atomic E-state index is 10.6. The van der Waals surface area contributed by atoms with E-state index in [1.807, 2.05) is 0 Å². The van der Waals surface area contributed by atoms with Crippen LogP contribution in [0.1, 0.15) is 6.92 Å². The summed E-state index contributed by atoms with van der Waals surface area (Å²) in [6, 6.07) is 0. The molecule has 0 saturated carbocycles. The molecular formula is C6H11O5P. The summed E-state index contributed by atoms with van der Waals surface area (Å²) in [6.07, 6.45) is 2.23. The molecule has 0 radical (unpaired) electrons. The van der Waals surface area contributed by atoms with Crippen molar-refractivity contribution in [3.8, 4) is 0 Å². The molecule has 0 atom stereocenters. The first-order valence-corrected chi connectivity index (χ1v) is 5.09. The van der Waals surface area contributed by atoms with E-state index in [1.54, 1.807) is 6.92 Å². The lowest BCUT2D eigenvalue weighted by Gasteiger charge is -2.02. The monoisotopic (exact) mass is 194 g/mol. The Labute approximate surface area is 70.2 Å². The molecule has 6 heteroatoms. The first kappa shape index (κ1) is 11.4. The van der Waals surface area contributed by atoms with E-state index >= 15 is 0 Å². The highest BCUT2D eigenvalue weighted by Crippen LogP contribution is 2.33. The zero-order chi connectivity index (χ0) is 9.61. The lowest BCUT2D eigenvalue weighted by molar-refractivity contribution is -0.137. The maximum absolute atomic E-state index is 10.6. The molecule has 0 heterocycles. The van der Waals surface area contributed by atoms with Gasteiger partial charge in [-0.2, -0.15) is 0 Å². The van der Waals surface area contributed by atoms with Gasteiger partial charge in [0.05, 0.1) is 6.16 Å². The van der Waals surface area contributed by atoms with Gasteiger partial charge in [0.1, 0.15) is 6.61 Å². The fraction of sp³-hybridized carbons (Fsp3) is 0.500.